The third-order valence-corrected chi connectivity index (χ3v) is 4.61. The number of allylic oxidation sites excluding steroid dienone is 1. The van der Waals surface area contributed by atoms with Crippen LogP contribution in [0.2, 0.25) is 5.02 Å². The number of halogens is 1. The van der Waals surface area contributed by atoms with Gasteiger partial charge in [0.1, 0.15) is 0 Å². The summed E-state index contributed by atoms with van der Waals surface area (Å²) in [6, 6.07) is 7.43. The van der Waals surface area contributed by atoms with E-state index in [2.05, 4.69) is 22.1 Å². The molecule has 1 aromatic carbocycles. The molecule has 134 valence electrons. The lowest BCUT2D eigenvalue weighted by molar-refractivity contribution is -0.121. The predicted octanol–water partition coefficient (Wildman–Crippen LogP) is 4.18. The van der Waals surface area contributed by atoms with Crippen molar-refractivity contribution in [3.63, 3.8) is 0 Å². The van der Waals surface area contributed by atoms with Crippen molar-refractivity contribution in [3.05, 3.63) is 41.9 Å². The SMILES string of the molecule is C=CCn1c(SC(C)C(=O)NC(C)(C)C)nnc1-c1ccc(Cl)cc1. The van der Waals surface area contributed by atoms with Gasteiger partial charge in [0.2, 0.25) is 5.91 Å². The van der Waals surface area contributed by atoms with Crippen LogP contribution in [-0.4, -0.2) is 31.5 Å². The Morgan fingerprint density at radius 3 is 2.56 bits per heavy atom. The van der Waals surface area contributed by atoms with E-state index in [9.17, 15) is 4.79 Å². The maximum atomic E-state index is 12.3. The average Bonchev–Trinajstić information content (AvgIpc) is 2.89. The largest absolute Gasteiger partial charge is 0.351 e. The molecule has 1 atom stereocenters. The number of carbonyl (C=O) groups excluding carboxylic acids is 1. The van der Waals surface area contributed by atoms with Gasteiger partial charge in [-0.3, -0.25) is 9.36 Å². The number of nitrogens with zero attached hydrogens (tertiary/aromatic N) is 3. The van der Waals surface area contributed by atoms with Crippen LogP contribution in [0.5, 0.6) is 0 Å². The topological polar surface area (TPSA) is 59.8 Å². The molecule has 0 spiro atoms. The van der Waals surface area contributed by atoms with Crippen molar-refractivity contribution >= 4 is 29.3 Å². The van der Waals surface area contributed by atoms with Gasteiger partial charge in [-0.05, 0) is 52.0 Å². The fourth-order valence-corrected chi connectivity index (χ4v) is 3.15. The second-order valence-corrected chi connectivity index (χ2v) is 8.46. The van der Waals surface area contributed by atoms with E-state index in [-0.39, 0.29) is 16.7 Å². The van der Waals surface area contributed by atoms with E-state index < -0.39 is 0 Å². The highest BCUT2D eigenvalue weighted by Gasteiger charge is 2.23. The Balaban J connectivity index is 2.25. The van der Waals surface area contributed by atoms with Gasteiger partial charge in [-0.2, -0.15) is 0 Å². The number of aromatic nitrogens is 3. The average molecular weight is 379 g/mol. The molecule has 0 radical (unpaired) electrons. The van der Waals surface area contributed by atoms with Crippen LogP contribution in [0, 0.1) is 0 Å². The molecule has 1 heterocycles. The van der Waals surface area contributed by atoms with Crippen LogP contribution in [0.3, 0.4) is 0 Å². The lowest BCUT2D eigenvalue weighted by Gasteiger charge is -2.22. The highest BCUT2D eigenvalue weighted by atomic mass is 35.5. The van der Waals surface area contributed by atoms with Crippen molar-refractivity contribution in [3.8, 4) is 11.4 Å². The maximum absolute atomic E-state index is 12.3. The Hall–Kier alpha value is -1.79. The van der Waals surface area contributed by atoms with Gasteiger partial charge < -0.3 is 5.32 Å². The summed E-state index contributed by atoms with van der Waals surface area (Å²) in [7, 11) is 0. The number of rotatable bonds is 6. The van der Waals surface area contributed by atoms with Gasteiger partial charge in [0.05, 0.1) is 5.25 Å². The molecule has 2 rings (SSSR count). The lowest BCUT2D eigenvalue weighted by atomic mass is 10.1. The van der Waals surface area contributed by atoms with Gasteiger partial charge in [-0.15, -0.1) is 16.8 Å². The summed E-state index contributed by atoms with van der Waals surface area (Å²) in [5, 5.41) is 12.6. The molecule has 0 aliphatic heterocycles. The molecule has 0 saturated carbocycles. The minimum atomic E-state index is -0.287. The van der Waals surface area contributed by atoms with E-state index in [1.807, 2.05) is 56.5 Å². The Kier molecular flexibility index (Phi) is 6.30. The number of benzene rings is 1. The third-order valence-electron chi connectivity index (χ3n) is 3.28. The second kappa shape index (κ2) is 8.06. The van der Waals surface area contributed by atoms with Gasteiger partial charge >= 0.3 is 0 Å². The summed E-state index contributed by atoms with van der Waals surface area (Å²) in [5.74, 6) is 0.696. The van der Waals surface area contributed by atoms with Crippen molar-refractivity contribution in [2.75, 3.05) is 0 Å². The van der Waals surface area contributed by atoms with Crippen molar-refractivity contribution in [2.45, 2.75) is 50.2 Å². The zero-order valence-corrected chi connectivity index (χ0v) is 16.5. The van der Waals surface area contributed by atoms with E-state index >= 15 is 0 Å². The Morgan fingerprint density at radius 2 is 2.00 bits per heavy atom. The van der Waals surface area contributed by atoms with Crippen molar-refractivity contribution in [2.24, 2.45) is 0 Å². The molecule has 0 aliphatic rings. The molecule has 1 unspecified atom stereocenters. The second-order valence-electron chi connectivity index (χ2n) is 6.71. The lowest BCUT2D eigenvalue weighted by Crippen LogP contribution is -2.44. The number of hydrogen-bond acceptors (Lipinski definition) is 4. The van der Waals surface area contributed by atoms with E-state index in [1.165, 1.54) is 11.8 Å². The summed E-state index contributed by atoms with van der Waals surface area (Å²) in [6.07, 6.45) is 1.78. The smallest absolute Gasteiger partial charge is 0.233 e. The predicted molar refractivity (Wildman–Crippen MR) is 104 cm³/mol. The molecular weight excluding hydrogens is 356 g/mol. The molecule has 5 nitrogen and oxygen atoms in total. The summed E-state index contributed by atoms with van der Waals surface area (Å²) in [6.45, 7) is 12.1. The highest BCUT2D eigenvalue weighted by Crippen LogP contribution is 2.28. The quantitative estimate of drug-likeness (QED) is 0.605. The molecule has 0 aliphatic carbocycles. The molecule has 0 saturated heterocycles. The zero-order valence-electron chi connectivity index (χ0n) is 14.9. The number of hydrogen-bond donors (Lipinski definition) is 1. The zero-order chi connectivity index (χ0) is 18.6. The van der Waals surface area contributed by atoms with Crippen molar-refractivity contribution < 1.29 is 4.79 Å². The Morgan fingerprint density at radius 1 is 1.36 bits per heavy atom. The fraction of sp³-hybridized carbons (Fsp3) is 0.389. The molecule has 25 heavy (non-hydrogen) atoms. The van der Waals surface area contributed by atoms with E-state index in [0.717, 1.165) is 11.4 Å². The first kappa shape index (κ1) is 19.5. The van der Waals surface area contributed by atoms with Crippen LogP contribution < -0.4 is 5.32 Å². The van der Waals surface area contributed by atoms with Crippen LogP contribution in [0.25, 0.3) is 11.4 Å². The summed E-state index contributed by atoms with van der Waals surface area (Å²) >= 11 is 7.34. The van der Waals surface area contributed by atoms with Crippen molar-refractivity contribution in [1.29, 1.82) is 0 Å². The van der Waals surface area contributed by atoms with Crippen LogP contribution in [0.1, 0.15) is 27.7 Å². The Labute approximate surface area is 157 Å². The number of amides is 1. The molecule has 1 amide bonds. The number of carbonyl (C=O) groups is 1. The van der Waals surface area contributed by atoms with E-state index in [4.69, 9.17) is 11.6 Å². The first-order chi connectivity index (χ1) is 11.7. The molecule has 0 bridgehead atoms. The normalized spacial score (nSPS) is 12.7. The number of nitrogens with one attached hydrogen (secondary N) is 1. The van der Waals surface area contributed by atoms with Gasteiger partial charge in [-0.1, -0.05) is 29.4 Å². The minimum Gasteiger partial charge on any atom is -0.351 e. The standard InChI is InChI=1S/C18H23ClN4OS/c1-6-11-23-15(13-7-9-14(19)10-8-13)21-22-17(23)25-12(2)16(24)20-18(3,4)5/h6-10,12H,1,11H2,2-5H3,(H,20,24). The van der Waals surface area contributed by atoms with Crippen LogP contribution >= 0.6 is 23.4 Å². The van der Waals surface area contributed by atoms with Crippen LogP contribution in [0.4, 0.5) is 0 Å². The third kappa shape index (κ3) is 5.34. The van der Waals surface area contributed by atoms with Crippen LogP contribution in [-0.2, 0) is 11.3 Å². The molecule has 0 fully saturated rings. The molecule has 2 aromatic rings. The molecular formula is C18H23ClN4OS. The summed E-state index contributed by atoms with van der Waals surface area (Å²) < 4.78 is 1.95. The van der Waals surface area contributed by atoms with Gasteiger partial charge in [-0.25, -0.2) is 0 Å². The summed E-state index contributed by atoms with van der Waals surface area (Å²) in [5.41, 5.74) is 0.646. The van der Waals surface area contributed by atoms with E-state index in [0.29, 0.717) is 16.7 Å². The van der Waals surface area contributed by atoms with Gasteiger partial charge in [0.25, 0.3) is 0 Å². The fourth-order valence-electron chi connectivity index (χ4n) is 2.16. The van der Waals surface area contributed by atoms with Crippen LogP contribution in [0.15, 0.2) is 42.1 Å². The molecule has 1 aromatic heterocycles. The first-order valence-electron chi connectivity index (χ1n) is 8.00. The number of thioether (sulfide) groups is 1. The van der Waals surface area contributed by atoms with Gasteiger partial charge in [0, 0.05) is 22.7 Å². The van der Waals surface area contributed by atoms with Gasteiger partial charge in [0.15, 0.2) is 11.0 Å². The van der Waals surface area contributed by atoms with E-state index in [1.54, 1.807) is 6.08 Å². The Bertz CT molecular complexity index is 749. The monoisotopic (exact) mass is 378 g/mol. The van der Waals surface area contributed by atoms with Crippen molar-refractivity contribution in [1.82, 2.24) is 20.1 Å². The minimum absolute atomic E-state index is 0.0290. The maximum Gasteiger partial charge on any atom is 0.233 e. The molecule has 7 heteroatoms. The highest BCUT2D eigenvalue weighted by molar-refractivity contribution is 8.00. The summed E-state index contributed by atoms with van der Waals surface area (Å²) in [4.78, 5) is 12.3. The molecule has 1 N–H and O–H groups in total. The first-order valence-corrected chi connectivity index (χ1v) is 9.26.